The van der Waals surface area contributed by atoms with Crippen molar-refractivity contribution in [3.63, 3.8) is 0 Å². The lowest BCUT2D eigenvalue weighted by Crippen LogP contribution is -1.95. The highest BCUT2D eigenvalue weighted by Gasteiger charge is 2.30. The zero-order chi connectivity index (χ0) is 22.7. The second-order valence-corrected chi connectivity index (χ2v) is 9.69. The van der Waals surface area contributed by atoms with Gasteiger partial charge in [0.05, 0.1) is 23.4 Å². The molecule has 0 unspecified atom stereocenters. The van der Waals surface area contributed by atoms with Crippen molar-refractivity contribution in [3.8, 4) is 22.3 Å². The van der Waals surface area contributed by atoms with Crippen molar-refractivity contribution in [2.75, 3.05) is 0 Å². The molecule has 0 saturated heterocycles. The van der Waals surface area contributed by atoms with Crippen molar-refractivity contribution in [1.29, 1.82) is 0 Å². The van der Waals surface area contributed by atoms with E-state index in [1.807, 2.05) is 24.8 Å². The number of benzene rings is 3. The number of hydrogen-bond acceptors (Lipinski definition) is 3. The molecular weight excluding hydrogens is 428 g/mol. The van der Waals surface area contributed by atoms with Crippen molar-refractivity contribution in [2.45, 2.75) is 12.8 Å². The smallest absolute Gasteiger partial charge is 0.146 e. The third-order valence-corrected chi connectivity index (χ3v) is 8.01. The first kappa shape index (κ1) is 17.8. The van der Waals surface area contributed by atoms with Gasteiger partial charge in [0.2, 0.25) is 0 Å². The van der Waals surface area contributed by atoms with Crippen LogP contribution >= 0.6 is 0 Å². The van der Waals surface area contributed by atoms with E-state index in [0.29, 0.717) is 0 Å². The highest BCUT2D eigenvalue weighted by Crippen LogP contribution is 2.51. The lowest BCUT2D eigenvalue weighted by molar-refractivity contribution is 1.23. The number of imidazole rings is 1. The van der Waals surface area contributed by atoms with Gasteiger partial charge in [0, 0.05) is 23.2 Å². The molecule has 9 rings (SSSR count). The summed E-state index contributed by atoms with van der Waals surface area (Å²) < 4.78 is 2.27. The molecule has 4 heteroatoms. The van der Waals surface area contributed by atoms with E-state index in [-0.39, 0.29) is 0 Å². The quantitative estimate of drug-likeness (QED) is 0.243. The molecule has 2 aliphatic carbocycles. The van der Waals surface area contributed by atoms with Gasteiger partial charge in [0.1, 0.15) is 11.2 Å². The van der Waals surface area contributed by atoms with Gasteiger partial charge in [0.25, 0.3) is 0 Å². The molecular formula is C31H18N4. The molecule has 2 aliphatic rings. The summed E-state index contributed by atoms with van der Waals surface area (Å²) in [4.78, 5) is 13.9. The number of fused-ring (bicyclic) bond motifs is 16. The minimum atomic E-state index is 0.910. The summed E-state index contributed by atoms with van der Waals surface area (Å²) in [5.41, 5.74) is 15.3. The number of rotatable bonds is 0. The maximum Gasteiger partial charge on any atom is 0.146 e. The maximum atomic E-state index is 5.11. The van der Waals surface area contributed by atoms with E-state index in [1.54, 1.807) is 0 Å². The third kappa shape index (κ3) is 2.11. The van der Waals surface area contributed by atoms with E-state index in [1.165, 1.54) is 60.7 Å². The molecule has 0 N–H and O–H groups in total. The van der Waals surface area contributed by atoms with Crippen LogP contribution in [0.2, 0.25) is 0 Å². The average Bonchev–Trinajstić information content (AvgIpc) is 3.59. The van der Waals surface area contributed by atoms with Crippen LogP contribution in [0.5, 0.6) is 0 Å². The Bertz CT molecular complexity index is 2070. The maximum absolute atomic E-state index is 5.11. The predicted molar refractivity (Wildman–Crippen MR) is 140 cm³/mol. The molecule has 0 spiro atoms. The Morgan fingerprint density at radius 1 is 0.629 bits per heavy atom. The molecule has 0 bridgehead atoms. The molecule has 7 aromatic rings. The van der Waals surface area contributed by atoms with Gasteiger partial charge in [-0.25, -0.2) is 4.98 Å². The van der Waals surface area contributed by atoms with Crippen LogP contribution in [0.1, 0.15) is 22.3 Å². The number of nitrogens with zero attached hydrogens (tertiary/aromatic N) is 4. The van der Waals surface area contributed by atoms with Crippen LogP contribution in [0.25, 0.3) is 60.6 Å². The van der Waals surface area contributed by atoms with Crippen LogP contribution in [-0.4, -0.2) is 19.4 Å². The second-order valence-electron chi connectivity index (χ2n) is 9.69. The topological polar surface area (TPSA) is 43.1 Å². The van der Waals surface area contributed by atoms with Gasteiger partial charge in [-0.15, -0.1) is 0 Å². The molecule has 0 fully saturated rings. The molecule has 162 valence electrons. The fourth-order valence-electron chi connectivity index (χ4n) is 6.59. The Morgan fingerprint density at radius 2 is 1.46 bits per heavy atom. The van der Waals surface area contributed by atoms with Crippen LogP contribution in [0.15, 0.2) is 85.5 Å². The summed E-state index contributed by atoms with van der Waals surface area (Å²) in [5.74, 6) is 0. The van der Waals surface area contributed by atoms with Crippen LogP contribution < -0.4 is 0 Å². The normalized spacial score (nSPS) is 13.5. The zero-order valence-corrected chi connectivity index (χ0v) is 18.8. The van der Waals surface area contributed by atoms with E-state index in [0.717, 1.165) is 35.0 Å². The first-order chi connectivity index (χ1) is 17.4. The summed E-state index contributed by atoms with van der Waals surface area (Å²) >= 11 is 0. The van der Waals surface area contributed by atoms with E-state index in [4.69, 9.17) is 4.98 Å². The Morgan fingerprint density at radius 3 is 2.43 bits per heavy atom. The largest absolute Gasteiger partial charge is 0.290 e. The van der Waals surface area contributed by atoms with Crippen LogP contribution in [0.3, 0.4) is 0 Å². The van der Waals surface area contributed by atoms with E-state index < -0.39 is 0 Å². The average molecular weight is 447 g/mol. The third-order valence-electron chi connectivity index (χ3n) is 8.01. The number of pyridine rings is 3. The summed E-state index contributed by atoms with van der Waals surface area (Å²) in [5, 5.41) is 3.68. The Balaban J connectivity index is 1.47. The van der Waals surface area contributed by atoms with Gasteiger partial charge in [-0.05, 0) is 74.9 Å². The summed E-state index contributed by atoms with van der Waals surface area (Å²) in [6, 6.07) is 22.4. The van der Waals surface area contributed by atoms with Gasteiger partial charge in [-0.3, -0.25) is 14.4 Å². The monoisotopic (exact) mass is 446 g/mol. The minimum absolute atomic E-state index is 0.910. The van der Waals surface area contributed by atoms with Crippen molar-refractivity contribution in [1.82, 2.24) is 19.4 Å². The van der Waals surface area contributed by atoms with Crippen LogP contribution in [0, 0.1) is 0 Å². The molecule has 4 nitrogen and oxygen atoms in total. The van der Waals surface area contributed by atoms with Crippen LogP contribution in [-0.2, 0) is 12.8 Å². The summed E-state index contributed by atoms with van der Waals surface area (Å²) in [6.45, 7) is 0. The number of aromatic nitrogens is 4. The second kappa shape index (κ2) is 6.10. The summed E-state index contributed by atoms with van der Waals surface area (Å²) in [7, 11) is 0. The SMILES string of the molecule is c1ccc2c(c1)Cc1ccc3c(c1-2)-c1ccc2c4ccncc4n4c5ccncc5nc4c2c1C3. The molecule has 35 heavy (non-hydrogen) atoms. The van der Waals surface area contributed by atoms with Crippen molar-refractivity contribution < 1.29 is 0 Å². The van der Waals surface area contributed by atoms with Crippen molar-refractivity contribution >= 4 is 38.4 Å². The first-order valence-corrected chi connectivity index (χ1v) is 12.0. The van der Waals surface area contributed by atoms with E-state index >= 15 is 0 Å². The Kier molecular flexibility index (Phi) is 3.11. The van der Waals surface area contributed by atoms with Gasteiger partial charge < -0.3 is 0 Å². The fraction of sp³-hybridized carbons (Fsp3) is 0.0645. The van der Waals surface area contributed by atoms with Crippen LogP contribution in [0.4, 0.5) is 0 Å². The minimum Gasteiger partial charge on any atom is -0.290 e. The fourth-order valence-corrected chi connectivity index (χ4v) is 6.59. The Labute approximate surface area is 200 Å². The zero-order valence-electron chi connectivity index (χ0n) is 18.8. The van der Waals surface area contributed by atoms with Gasteiger partial charge in [-0.2, -0.15) is 0 Å². The van der Waals surface area contributed by atoms with Gasteiger partial charge in [0.15, 0.2) is 0 Å². The molecule has 0 atom stereocenters. The lowest BCUT2D eigenvalue weighted by atomic mass is 9.92. The molecule has 3 aromatic carbocycles. The van der Waals surface area contributed by atoms with Gasteiger partial charge >= 0.3 is 0 Å². The van der Waals surface area contributed by atoms with Gasteiger partial charge in [-0.1, -0.05) is 48.5 Å². The predicted octanol–water partition coefficient (Wildman–Crippen LogP) is 6.73. The van der Waals surface area contributed by atoms with Crippen molar-refractivity contribution in [2.24, 2.45) is 0 Å². The lowest BCUT2D eigenvalue weighted by Gasteiger charge is -2.13. The molecule has 0 amide bonds. The first-order valence-electron chi connectivity index (χ1n) is 12.0. The highest BCUT2D eigenvalue weighted by atomic mass is 15.0. The standard InChI is InChI=1S/C31H18N4/c1-2-4-20-17(3-1)13-18-5-6-19-14-24-23(29(19)28(18)20)8-7-22-21-9-11-33-16-27(21)35-26-10-12-32-15-25(26)34-31(35)30(22)24/h1-12,15-16H,13-14H2. The molecule has 0 radical (unpaired) electrons. The molecule has 0 aliphatic heterocycles. The molecule has 4 heterocycles. The highest BCUT2D eigenvalue weighted by molar-refractivity contribution is 6.17. The molecule has 4 aromatic heterocycles. The summed E-state index contributed by atoms with van der Waals surface area (Å²) in [6.07, 6.45) is 9.48. The number of hydrogen-bond donors (Lipinski definition) is 0. The molecule has 0 saturated carbocycles. The van der Waals surface area contributed by atoms with Crippen molar-refractivity contribution in [3.05, 3.63) is 108 Å². The Hall–Kier alpha value is -4.57. The van der Waals surface area contributed by atoms with E-state index in [2.05, 4.69) is 75.0 Å². The van der Waals surface area contributed by atoms with E-state index in [9.17, 15) is 0 Å².